The highest BCUT2D eigenvalue weighted by Crippen LogP contribution is 2.36. The molecule has 10 heteroatoms. The van der Waals surface area contributed by atoms with Gasteiger partial charge >= 0.3 is 18.3 Å². The monoisotopic (exact) mass is 357 g/mol. The highest BCUT2D eigenvalue weighted by molar-refractivity contribution is 5.96. The Morgan fingerprint density at radius 2 is 1.46 bits per heavy atom. The molecule has 4 nitrogen and oxygen atoms in total. The van der Waals surface area contributed by atoms with Gasteiger partial charge in [-0.15, -0.1) is 0 Å². The summed E-state index contributed by atoms with van der Waals surface area (Å²) in [5, 5.41) is 0. The number of carbonyl (C=O) groups is 2. The van der Waals surface area contributed by atoms with Gasteiger partial charge in [-0.25, -0.2) is 0 Å². The van der Waals surface area contributed by atoms with Crippen molar-refractivity contribution in [3.8, 4) is 0 Å². The number of hydrogen-bond acceptors (Lipinski definition) is 3. The lowest BCUT2D eigenvalue weighted by atomic mass is 10.0. The van der Waals surface area contributed by atoms with Crippen LogP contribution in [0.25, 0.3) is 0 Å². The fourth-order valence-corrected chi connectivity index (χ4v) is 1.77. The van der Waals surface area contributed by atoms with E-state index in [-0.39, 0.29) is 12.7 Å². The van der Waals surface area contributed by atoms with Gasteiger partial charge in [-0.1, -0.05) is 0 Å². The Labute approximate surface area is 133 Å². The number of rotatable bonds is 4. The molecule has 134 valence electrons. The lowest BCUT2D eigenvalue weighted by Gasteiger charge is -2.18. The third kappa shape index (κ3) is 5.14. The lowest BCUT2D eigenvalue weighted by Crippen LogP contribution is -2.33. The van der Waals surface area contributed by atoms with Crippen LogP contribution in [-0.4, -0.2) is 37.0 Å². The maximum Gasteiger partial charge on any atom is 0.416 e. The van der Waals surface area contributed by atoms with Gasteiger partial charge in [0.05, 0.1) is 17.7 Å². The van der Waals surface area contributed by atoms with Crippen LogP contribution in [0.2, 0.25) is 0 Å². The molecule has 24 heavy (non-hydrogen) atoms. The summed E-state index contributed by atoms with van der Waals surface area (Å²) in [6.45, 7) is 0.912. The summed E-state index contributed by atoms with van der Waals surface area (Å²) in [5.41, 5.74) is -4.04. The molecule has 0 aliphatic rings. The van der Waals surface area contributed by atoms with E-state index in [0.717, 1.165) is 7.05 Å². The molecule has 0 aliphatic heterocycles. The number of ether oxygens (including phenoxy) is 1. The van der Waals surface area contributed by atoms with E-state index >= 15 is 0 Å². The summed E-state index contributed by atoms with van der Waals surface area (Å²) in [7, 11) is 1.06. The summed E-state index contributed by atoms with van der Waals surface area (Å²) in [4.78, 5) is 24.0. The molecule has 1 aromatic rings. The van der Waals surface area contributed by atoms with Crippen LogP contribution in [0.5, 0.6) is 0 Å². The second-order valence-corrected chi connectivity index (χ2v) is 4.76. The second-order valence-electron chi connectivity index (χ2n) is 4.76. The number of benzene rings is 1. The lowest BCUT2D eigenvalue weighted by molar-refractivity contribution is -0.144. The van der Waals surface area contributed by atoms with Crippen LogP contribution in [0.4, 0.5) is 26.3 Å². The SMILES string of the molecule is CCOC(=O)CN(C)C(=O)c1cc(C(F)(F)F)cc(C(F)(F)F)c1. The number of halogens is 6. The van der Waals surface area contributed by atoms with E-state index in [1.54, 1.807) is 0 Å². The summed E-state index contributed by atoms with van der Waals surface area (Å²) in [5.74, 6) is -2.00. The van der Waals surface area contributed by atoms with Crippen LogP contribution in [0.3, 0.4) is 0 Å². The van der Waals surface area contributed by atoms with Crippen molar-refractivity contribution in [1.29, 1.82) is 0 Å². The van der Waals surface area contributed by atoms with Gasteiger partial charge in [-0.05, 0) is 25.1 Å². The standard InChI is InChI=1S/C14H13F6NO3/c1-3-24-11(22)7-21(2)12(23)8-4-9(13(15,16)17)6-10(5-8)14(18,19)20/h4-6H,3,7H2,1-2H3. The Hall–Kier alpha value is -2.26. The van der Waals surface area contributed by atoms with Crippen molar-refractivity contribution in [2.75, 3.05) is 20.2 Å². The van der Waals surface area contributed by atoms with Crippen molar-refractivity contribution in [3.05, 3.63) is 34.9 Å². The molecular formula is C14H13F6NO3. The van der Waals surface area contributed by atoms with Crippen molar-refractivity contribution >= 4 is 11.9 Å². The quantitative estimate of drug-likeness (QED) is 0.613. The van der Waals surface area contributed by atoms with Crippen molar-refractivity contribution < 1.29 is 40.7 Å². The number of amides is 1. The summed E-state index contributed by atoms with van der Waals surface area (Å²) < 4.78 is 81.0. The maximum absolute atomic E-state index is 12.7. The first-order valence-corrected chi connectivity index (χ1v) is 6.56. The van der Waals surface area contributed by atoms with Crippen molar-refractivity contribution in [1.82, 2.24) is 4.90 Å². The minimum absolute atomic E-state index is 0.0165. The molecular weight excluding hydrogens is 344 g/mol. The largest absolute Gasteiger partial charge is 0.465 e. The molecule has 0 unspecified atom stereocenters. The van der Waals surface area contributed by atoms with Crippen LogP contribution in [0, 0.1) is 0 Å². The number of carbonyl (C=O) groups excluding carboxylic acids is 2. The van der Waals surface area contributed by atoms with Crippen molar-refractivity contribution in [3.63, 3.8) is 0 Å². The van der Waals surface area contributed by atoms with Crippen molar-refractivity contribution in [2.45, 2.75) is 19.3 Å². The molecule has 1 amide bonds. The Balaban J connectivity index is 3.22. The first-order chi connectivity index (χ1) is 10.9. The summed E-state index contributed by atoms with van der Waals surface area (Å²) >= 11 is 0. The van der Waals surface area contributed by atoms with Gasteiger partial charge in [0, 0.05) is 12.6 Å². The van der Waals surface area contributed by atoms with E-state index in [1.165, 1.54) is 6.92 Å². The summed E-state index contributed by atoms with van der Waals surface area (Å²) in [6, 6.07) is 0.528. The molecule has 0 N–H and O–H groups in total. The number of alkyl halides is 6. The van der Waals surface area contributed by atoms with Gasteiger partial charge in [0.2, 0.25) is 0 Å². The van der Waals surface area contributed by atoms with Gasteiger partial charge in [-0.2, -0.15) is 26.3 Å². The summed E-state index contributed by atoms with van der Waals surface area (Å²) in [6.07, 6.45) is -10.1. The molecule has 0 atom stereocenters. The smallest absolute Gasteiger partial charge is 0.416 e. The molecule has 0 spiro atoms. The highest BCUT2D eigenvalue weighted by Gasteiger charge is 2.37. The zero-order valence-corrected chi connectivity index (χ0v) is 12.6. The predicted octanol–water partition coefficient (Wildman–Crippen LogP) is 3.36. The van der Waals surface area contributed by atoms with Crippen molar-refractivity contribution in [2.24, 2.45) is 0 Å². The normalized spacial score (nSPS) is 12.0. The number of hydrogen-bond donors (Lipinski definition) is 0. The fraction of sp³-hybridized carbons (Fsp3) is 0.429. The van der Waals surface area contributed by atoms with E-state index in [2.05, 4.69) is 4.74 Å². The van der Waals surface area contributed by atoms with Crippen LogP contribution < -0.4 is 0 Å². The third-order valence-corrected chi connectivity index (χ3v) is 2.85. The molecule has 0 aromatic heterocycles. The second kappa shape index (κ2) is 7.10. The molecule has 1 aromatic carbocycles. The maximum atomic E-state index is 12.7. The average Bonchev–Trinajstić information content (AvgIpc) is 2.44. The Bertz CT molecular complexity index is 592. The van der Waals surface area contributed by atoms with Gasteiger partial charge in [0.25, 0.3) is 5.91 Å². The number of esters is 1. The van der Waals surface area contributed by atoms with Gasteiger partial charge in [0.1, 0.15) is 6.54 Å². The number of likely N-dealkylation sites (N-methyl/N-ethyl adjacent to an activating group) is 1. The molecule has 0 saturated carbocycles. The Morgan fingerprint density at radius 3 is 1.83 bits per heavy atom. The number of nitrogens with zero attached hydrogens (tertiary/aromatic N) is 1. The minimum Gasteiger partial charge on any atom is -0.465 e. The van der Waals surface area contributed by atoms with E-state index in [9.17, 15) is 35.9 Å². The van der Waals surface area contributed by atoms with Gasteiger partial charge in [-0.3, -0.25) is 9.59 Å². The Kier molecular flexibility index (Phi) is 5.85. The van der Waals surface area contributed by atoms with Crippen LogP contribution >= 0.6 is 0 Å². The van der Waals surface area contributed by atoms with E-state index in [0.29, 0.717) is 17.0 Å². The van der Waals surface area contributed by atoms with E-state index in [1.807, 2.05) is 0 Å². The molecule has 0 saturated heterocycles. The topological polar surface area (TPSA) is 46.6 Å². The molecule has 0 aliphatic carbocycles. The van der Waals surface area contributed by atoms with Crippen LogP contribution in [0.15, 0.2) is 18.2 Å². The first kappa shape index (κ1) is 19.8. The molecule has 0 bridgehead atoms. The average molecular weight is 357 g/mol. The molecule has 0 heterocycles. The minimum atomic E-state index is -5.06. The van der Waals surface area contributed by atoms with Crippen LogP contribution in [0.1, 0.15) is 28.4 Å². The third-order valence-electron chi connectivity index (χ3n) is 2.85. The highest BCUT2D eigenvalue weighted by atomic mass is 19.4. The molecule has 0 fully saturated rings. The molecule has 1 rings (SSSR count). The van der Waals surface area contributed by atoms with Crippen LogP contribution in [-0.2, 0) is 21.9 Å². The fourth-order valence-electron chi connectivity index (χ4n) is 1.77. The van der Waals surface area contributed by atoms with Gasteiger partial charge in [0.15, 0.2) is 0 Å². The Morgan fingerprint density at radius 1 is 1.00 bits per heavy atom. The predicted molar refractivity (Wildman–Crippen MR) is 70.0 cm³/mol. The first-order valence-electron chi connectivity index (χ1n) is 6.56. The van der Waals surface area contributed by atoms with E-state index in [4.69, 9.17) is 0 Å². The zero-order valence-electron chi connectivity index (χ0n) is 12.6. The zero-order chi connectivity index (χ0) is 18.7. The van der Waals surface area contributed by atoms with E-state index < -0.39 is 47.5 Å². The van der Waals surface area contributed by atoms with Gasteiger partial charge < -0.3 is 9.64 Å². The molecule has 0 radical (unpaired) electrons.